The molecule has 0 amide bonds. The van der Waals surface area contributed by atoms with Gasteiger partial charge in [0.05, 0.1) is 15.9 Å². The van der Waals surface area contributed by atoms with Crippen molar-refractivity contribution in [3.05, 3.63) is 44.2 Å². The van der Waals surface area contributed by atoms with Crippen molar-refractivity contribution >= 4 is 11.4 Å². The minimum absolute atomic E-state index is 0.741. The van der Waals surface area contributed by atoms with Crippen molar-refractivity contribution in [3.63, 3.8) is 0 Å². The topological polar surface area (TPSA) is 86.3 Å². The Morgan fingerprint density at radius 1 is 1.31 bits per heavy atom. The van der Waals surface area contributed by atoms with Gasteiger partial charge in [0.15, 0.2) is 0 Å². The lowest BCUT2D eigenvalue weighted by Crippen LogP contribution is -1.98. The number of nitro groups is 2. The summed E-state index contributed by atoms with van der Waals surface area (Å²) in [4.78, 5) is 18.2. The fourth-order valence-electron chi connectivity index (χ4n) is 0.767. The zero-order chi connectivity index (χ0) is 10.0. The fourth-order valence-corrected chi connectivity index (χ4v) is 0.767. The standard InChI is InChI=1S/C6H2FN2O4/c7-4-2-1-3-5(8(10)11)6(4)9(12)13/h1-2H. The Morgan fingerprint density at radius 3 is 2.31 bits per heavy atom. The van der Waals surface area contributed by atoms with Crippen molar-refractivity contribution in [2.24, 2.45) is 0 Å². The molecule has 0 fully saturated rings. The Bertz CT molecular complexity index is 379. The number of halogens is 1. The van der Waals surface area contributed by atoms with E-state index in [2.05, 4.69) is 0 Å². The Kier molecular flexibility index (Phi) is 2.18. The van der Waals surface area contributed by atoms with Crippen LogP contribution < -0.4 is 0 Å². The van der Waals surface area contributed by atoms with Crippen molar-refractivity contribution in [1.29, 1.82) is 0 Å². The van der Waals surface area contributed by atoms with E-state index in [4.69, 9.17) is 0 Å². The zero-order valence-corrected chi connectivity index (χ0v) is 6.06. The second-order valence-corrected chi connectivity index (χ2v) is 2.04. The lowest BCUT2D eigenvalue weighted by Gasteiger charge is -1.93. The lowest BCUT2D eigenvalue weighted by atomic mass is 10.2. The highest BCUT2D eigenvalue weighted by Gasteiger charge is 2.28. The summed E-state index contributed by atoms with van der Waals surface area (Å²) < 4.78 is 12.7. The molecule has 0 aliphatic heterocycles. The van der Waals surface area contributed by atoms with Crippen LogP contribution in [0.3, 0.4) is 0 Å². The first-order chi connectivity index (χ1) is 6.04. The zero-order valence-electron chi connectivity index (χ0n) is 6.06. The second-order valence-electron chi connectivity index (χ2n) is 2.04. The molecule has 0 aliphatic carbocycles. The van der Waals surface area contributed by atoms with Crippen LogP contribution in [-0.2, 0) is 0 Å². The number of hydrogen-bond donors (Lipinski definition) is 0. The number of benzene rings is 1. The average Bonchev–Trinajstić information content (AvgIpc) is 2.02. The summed E-state index contributed by atoms with van der Waals surface area (Å²) >= 11 is 0. The third-order valence-corrected chi connectivity index (χ3v) is 1.27. The summed E-state index contributed by atoms with van der Waals surface area (Å²) in [5.74, 6) is -1.24. The molecular weight excluding hydrogens is 183 g/mol. The van der Waals surface area contributed by atoms with Crippen LogP contribution in [-0.4, -0.2) is 9.85 Å². The molecule has 0 aliphatic rings. The van der Waals surface area contributed by atoms with Crippen LogP contribution in [0.2, 0.25) is 0 Å². The first-order valence-corrected chi connectivity index (χ1v) is 3.03. The summed E-state index contributed by atoms with van der Waals surface area (Å²) in [5, 5.41) is 20.4. The van der Waals surface area contributed by atoms with Gasteiger partial charge >= 0.3 is 11.4 Å². The van der Waals surface area contributed by atoms with E-state index in [1.165, 1.54) is 0 Å². The quantitative estimate of drug-likeness (QED) is 0.515. The third kappa shape index (κ3) is 1.58. The van der Waals surface area contributed by atoms with Crippen LogP contribution in [0.4, 0.5) is 15.8 Å². The number of hydrogen-bond acceptors (Lipinski definition) is 4. The highest BCUT2D eigenvalue weighted by molar-refractivity contribution is 5.51. The van der Waals surface area contributed by atoms with Gasteiger partial charge in [-0.25, -0.2) is 0 Å². The maximum atomic E-state index is 12.7. The molecule has 0 bridgehead atoms. The van der Waals surface area contributed by atoms with E-state index in [-0.39, 0.29) is 0 Å². The van der Waals surface area contributed by atoms with Crippen LogP contribution in [0, 0.1) is 32.1 Å². The molecule has 0 atom stereocenters. The van der Waals surface area contributed by atoms with Crippen LogP contribution in [0.1, 0.15) is 0 Å². The van der Waals surface area contributed by atoms with Crippen LogP contribution in [0.25, 0.3) is 0 Å². The van der Waals surface area contributed by atoms with Gasteiger partial charge in [0, 0.05) is 0 Å². The predicted molar refractivity (Wildman–Crippen MR) is 38.5 cm³/mol. The van der Waals surface area contributed by atoms with Gasteiger partial charge < -0.3 is 0 Å². The molecule has 0 saturated carbocycles. The van der Waals surface area contributed by atoms with E-state index in [1.54, 1.807) is 0 Å². The number of rotatable bonds is 2. The minimum atomic E-state index is -1.24. The van der Waals surface area contributed by atoms with Crippen LogP contribution >= 0.6 is 0 Å². The van der Waals surface area contributed by atoms with Crippen molar-refractivity contribution in [3.8, 4) is 0 Å². The van der Waals surface area contributed by atoms with Crippen molar-refractivity contribution < 1.29 is 14.2 Å². The minimum Gasteiger partial charge on any atom is -0.258 e. The molecule has 0 aromatic heterocycles. The first-order valence-electron chi connectivity index (χ1n) is 3.03. The van der Waals surface area contributed by atoms with Crippen molar-refractivity contribution in [2.75, 3.05) is 0 Å². The number of nitro benzene ring substituents is 2. The first kappa shape index (κ1) is 9.04. The second kappa shape index (κ2) is 3.13. The Morgan fingerprint density at radius 2 is 1.92 bits per heavy atom. The van der Waals surface area contributed by atoms with E-state index in [0.29, 0.717) is 0 Å². The van der Waals surface area contributed by atoms with Gasteiger partial charge in [-0.3, -0.25) is 20.2 Å². The average molecular weight is 185 g/mol. The predicted octanol–water partition coefficient (Wildman–Crippen LogP) is 1.44. The Balaban J connectivity index is 3.43. The molecule has 0 N–H and O–H groups in total. The molecule has 1 rings (SSSR count). The van der Waals surface area contributed by atoms with Crippen molar-refractivity contribution in [1.82, 2.24) is 0 Å². The highest BCUT2D eigenvalue weighted by atomic mass is 19.1. The number of nitrogens with zero attached hydrogens (tertiary/aromatic N) is 2. The maximum Gasteiger partial charge on any atom is 0.381 e. The van der Waals surface area contributed by atoms with E-state index in [1.807, 2.05) is 6.07 Å². The van der Waals surface area contributed by atoms with Crippen LogP contribution in [0.15, 0.2) is 12.1 Å². The van der Waals surface area contributed by atoms with Gasteiger partial charge in [-0.2, -0.15) is 4.39 Å². The summed E-state index contributed by atoms with van der Waals surface area (Å²) in [7, 11) is 0. The lowest BCUT2D eigenvalue weighted by molar-refractivity contribution is -0.424. The molecule has 0 saturated heterocycles. The summed E-state index contributed by atoms with van der Waals surface area (Å²) in [6, 6.07) is 3.64. The maximum absolute atomic E-state index is 12.7. The molecule has 1 aromatic carbocycles. The molecule has 6 nitrogen and oxygen atoms in total. The Labute approximate surface area is 70.9 Å². The van der Waals surface area contributed by atoms with Gasteiger partial charge in [0.1, 0.15) is 0 Å². The van der Waals surface area contributed by atoms with E-state index >= 15 is 0 Å². The molecule has 1 aromatic rings. The summed E-state index contributed by atoms with van der Waals surface area (Å²) in [6.45, 7) is 0. The molecule has 7 heteroatoms. The van der Waals surface area contributed by atoms with Crippen molar-refractivity contribution in [2.45, 2.75) is 0 Å². The van der Waals surface area contributed by atoms with Gasteiger partial charge in [-0.1, -0.05) is 0 Å². The smallest absolute Gasteiger partial charge is 0.258 e. The van der Waals surface area contributed by atoms with Gasteiger partial charge in [0.25, 0.3) is 0 Å². The normalized spacial score (nSPS) is 9.62. The monoisotopic (exact) mass is 185 g/mol. The summed E-state index contributed by atoms with van der Waals surface area (Å²) in [5.41, 5.74) is -2.13. The molecule has 1 radical (unpaired) electrons. The van der Waals surface area contributed by atoms with Gasteiger partial charge in [-0.05, 0) is 12.1 Å². The van der Waals surface area contributed by atoms with E-state index < -0.39 is 27.0 Å². The van der Waals surface area contributed by atoms with E-state index in [9.17, 15) is 24.6 Å². The van der Waals surface area contributed by atoms with E-state index in [0.717, 1.165) is 12.1 Å². The SMILES string of the molecule is O=[N+]([O-])c1[c]ccc(F)c1[N+](=O)[O-]. The third-order valence-electron chi connectivity index (χ3n) is 1.27. The highest BCUT2D eigenvalue weighted by Crippen LogP contribution is 2.28. The molecule has 13 heavy (non-hydrogen) atoms. The Hall–Kier alpha value is -2.05. The molecule has 0 spiro atoms. The molecule has 0 unspecified atom stereocenters. The van der Waals surface area contributed by atoms with Gasteiger partial charge in [0.2, 0.25) is 5.82 Å². The fraction of sp³-hybridized carbons (Fsp3) is 0. The van der Waals surface area contributed by atoms with Crippen LogP contribution in [0.5, 0.6) is 0 Å². The molecule has 0 heterocycles. The molecular formula is C6H2FN2O4. The van der Waals surface area contributed by atoms with Gasteiger partial charge in [-0.15, -0.1) is 0 Å². The largest absolute Gasteiger partial charge is 0.381 e. The summed E-state index contributed by atoms with van der Waals surface area (Å²) in [6.07, 6.45) is 0. The molecule has 67 valence electrons.